The largest absolute Gasteiger partial charge is 0.298 e. The molecule has 2 aromatic rings. The van der Waals surface area contributed by atoms with Gasteiger partial charge in [0.2, 0.25) is 0 Å². The number of aryl methyl sites for hydroxylation is 3. The van der Waals surface area contributed by atoms with Crippen molar-refractivity contribution >= 4 is 22.9 Å². The smallest absolute Gasteiger partial charge is 0.151 e. The molecular weight excluding hydrogens is 344 g/mol. The average Bonchev–Trinajstić information content (AvgIpc) is 3.07. The first-order valence-corrected chi connectivity index (χ1v) is 9.86. The number of benzene rings is 1. The van der Waals surface area contributed by atoms with E-state index in [1.165, 1.54) is 0 Å². The maximum atomic E-state index is 13.0. The monoisotopic (exact) mass is 370 g/mol. The second-order valence-electron chi connectivity index (χ2n) is 8.47. The number of carbonyl (C=O) groups excluding carboxylic acids is 2. The number of hydrogen-bond acceptors (Lipinski definition) is 5. The average molecular weight is 371 g/mol. The van der Waals surface area contributed by atoms with Crippen LogP contribution in [0, 0.1) is 26.7 Å². The minimum atomic E-state index is -0.615. The van der Waals surface area contributed by atoms with Gasteiger partial charge in [0.25, 0.3) is 0 Å². The predicted octanol–water partition coefficient (Wildman–Crippen LogP) is 4.25. The van der Waals surface area contributed by atoms with Crippen molar-refractivity contribution in [2.24, 2.45) is 5.92 Å². The molecule has 2 atom stereocenters. The fourth-order valence-corrected chi connectivity index (χ4v) is 4.81. The zero-order valence-electron chi connectivity index (χ0n) is 16.3. The standard InChI is InChI=1S/C21H26N2O2S/c1-11-7-12(2)17(13(3)8-11)18-15(24)9-14(19(18)25)10-16-22-23-20(26-16)21(4,5)6/h7-8,14,18H,9-10H2,1-6H3. The topological polar surface area (TPSA) is 59.9 Å². The lowest BCUT2D eigenvalue weighted by atomic mass is 9.86. The van der Waals surface area contributed by atoms with Crippen LogP contribution in [-0.2, 0) is 21.4 Å². The van der Waals surface area contributed by atoms with Crippen LogP contribution < -0.4 is 0 Å². The van der Waals surface area contributed by atoms with E-state index >= 15 is 0 Å². The van der Waals surface area contributed by atoms with Crippen molar-refractivity contribution in [2.75, 3.05) is 0 Å². The van der Waals surface area contributed by atoms with Gasteiger partial charge in [-0.05, 0) is 37.5 Å². The maximum absolute atomic E-state index is 13.0. The quantitative estimate of drug-likeness (QED) is 0.758. The van der Waals surface area contributed by atoms with Crippen molar-refractivity contribution in [3.63, 3.8) is 0 Å². The molecule has 4 nitrogen and oxygen atoms in total. The van der Waals surface area contributed by atoms with Gasteiger partial charge in [0.15, 0.2) is 5.78 Å². The van der Waals surface area contributed by atoms with E-state index in [0.29, 0.717) is 12.8 Å². The van der Waals surface area contributed by atoms with Gasteiger partial charge in [-0.1, -0.05) is 38.5 Å². The highest BCUT2D eigenvalue weighted by Gasteiger charge is 2.43. The van der Waals surface area contributed by atoms with Gasteiger partial charge in [-0.2, -0.15) is 0 Å². The molecule has 1 heterocycles. The van der Waals surface area contributed by atoms with Crippen LogP contribution in [0.25, 0.3) is 0 Å². The second-order valence-corrected chi connectivity index (χ2v) is 9.53. The van der Waals surface area contributed by atoms with E-state index in [1.807, 2.05) is 20.8 Å². The van der Waals surface area contributed by atoms with Gasteiger partial charge in [0.05, 0.1) is 0 Å². The first-order chi connectivity index (χ1) is 12.1. The Balaban J connectivity index is 1.85. The van der Waals surface area contributed by atoms with Gasteiger partial charge in [0.1, 0.15) is 21.7 Å². The molecule has 0 saturated heterocycles. The van der Waals surface area contributed by atoms with Crippen LogP contribution in [0.4, 0.5) is 0 Å². The van der Waals surface area contributed by atoms with Gasteiger partial charge in [-0.3, -0.25) is 9.59 Å². The SMILES string of the molecule is Cc1cc(C)c(C2C(=O)CC(Cc3nnc(C(C)(C)C)s3)C2=O)c(C)c1. The van der Waals surface area contributed by atoms with Crippen LogP contribution in [0.2, 0.25) is 0 Å². The minimum Gasteiger partial charge on any atom is -0.298 e. The molecule has 3 rings (SSSR count). The van der Waals surface area contributed by atoms with Gasteiger partial charge in [-0.15, -0.1) is 21.5 Å². The Morgan fingerprint density at radius 1 is 1.08 bits per heavy atom. The van der Waals surface area contributed by atoms with Crippen molar-refractivity contribution in [2.45, 2.75) is 65.7 Å². The van der Waals surface area contributed by atoms with Gasteiger partial charge in [-0.25, -0.2) is 0 Å². The Bertz CT molecular complexity index is 853. The summed E-state index contributed by atoms with van der Waals surface area (Å²) in [6, 6.07) is 4.10. The summed E-state index contributed by atoms with van der Waals surface area (Å²) < 4.78 is 0. The van der Waals surface area contributed by atoms with Crippen LogP contribution in [0.15, 0.2) is 12.1 Å². The van der Waals surface area contributed by atoms with Crippen LogP contribution in [0.1, 0.15) is 65.4 Å². The summed E-state index contributed by atoms with van der Waals surface area (Å²) in [6.45, 7) is 12.3. The van der Waals surface area contributed by atoms with E-state index in [2.05, 4.69) is 43.1 Å². The van der Waals surface area contributed by atoms with Crippen molar-refractivity contribution in [1.82, 2.24) is 10.2 Å². The van der Waals surface area contributed by atoms with E-state index in [9.17, 15) is 9.59 Å². The molecule has 1 saturated carbocycles. The molecule has 0 aliphatic heterocycles. The molecule has 0 radical (unpaired) electrons. The fraction of sp³-hybridized carbons (Fsp3) is 0.524. The van der Waals surface area contributed by atoms with E-state index in [0.717, 1.165) is 32.3 Å². The summed E-state index contributed by atoms with van der Waals surface area (Å²) in [5.74, 6) is -0.822. The minimum absolute atomic E-state index is 0.0376. The Morgan fingerprint density at radius 2 is 1.69 bits per heavy atom. The van der Waals surface area contributed by atoms with Gasteiger partial charge < -0.3 is 0 Å². The Kier molecular flexibility index (Phi) is 4.86. The first kappa shape index (κ1) is 18.9. The molecule has 1 aliphatic carbocycles. The molecule has 138 valence electrons. The summed E-state index contributed by atoms with van der Waals surface area (Å²) in [7, 11) is 0. The molecule has 26 heavy (non-hydrogen) atoms. The molecule has 1 aliphatic rings. The Morgan fingerprint density at radius 3 is 2.23 bits per heavy atom. The summed E-state index contributed by atoms with van der Waals surface area (Å²) in [5.41, 5.74) is 4.06. The molecule has 0 spiro atoms. The number of rotatable bonds is 3. The molecule has 1 fully saturated rings. The lowest BCUT2D eigenvalue weighted by Gasteiger charge is -2.16. The maximum Gasteiger partial charge on any atom is 0.151 e. The van der Waals surface area contributed by atoms with Crippen molar-refractivity contribution in [1.29, 1.82) is 0 Å². The lowest BCUT2D eigenvalue weighted by Crippen LogP contribution is -2.18. The zero-order valence-corrected chi connectivity index (χ0v) is 17.2. The summed E-state index contributed by atoms with van der Waals surface area (Å²) in [5, 5.41) is 10.3. The predicted molar refractivity (Wildman–Crippen MR) is 104 cm³/mol. The molecule has 1 aromatic carbocycles. The number of nitrogens with zero attached hydrogens (tertiary/aromatic N) is 2. The number of ketones is 2. The van der Waals surface area contributed by atoms with E-state index in [1.54, 1.807) is 11.3 Å². The fourth-order valence-electron chi connectivity index (χ4n) is 3.83. The lowest BCUT2D eigenvalue weighted by molar-refractivity contribution is -0.124. The molecule has 0 amide bonds. The number of aromatic nitrogens is 2. The molecule has 1 aromatic heterocycles. The van der Waals surface area contributed by atoms with Crippen molar-refractivity contribution < 1.29 is 9.59 Å². The van der Waals surface area contributed by atoms with Crippen LogP contribution in [0.3, 0.4) is 0 Å². The third-order valence-electron chi connectivity index (χ3n) is 5.01. The highest BCUT2D eigenvalue weighted by Crippen LogP contribution is 2.38. The Hall–Kier alpha value is -1.88. The normalized spacial score (nSPS) is 20.8. The third-order valence-corrected chi connectivity index (χ3v) is 6.38. The molecule has 0 bridgehead atoms. The summed E-state index contributed by atoms with van der Waals surface area (Å²) >= 11 is 1.55. The van der Waals surface area contributed by atoms with E-state index < -0.39 is 5.92 Å². The number of carbonyl (C=O) groups is 2. The van der Waals surface area contributed by atoms with Crippen LogP contribution in [0.5, 0.6) is 0 Å². The van der Waals surface area contributed by atoms with Crippen LogP contribution in [-0.4, -0.2) is 21.8 Å². The van der Waals surface area contributed by atoms with Crippen LogP contribution >= 0.6 is 11.3 Å². The molecule has 5 heteroatoms. The number of hydrogen-bond donors (Lipinski definition) is 0. The van der Waals surface area contributed by atoms with Crippen molar-refractivity contribution in [3.05, 3.63) is 44.4 Å². The highest BCUT2D eigenvalue weighted by molar-refractivity contribution is 7.11. The molecule has 0 N–H and O–H groups in total. The molecule has 2 unspecified atom stereocenters. The van der Waals surface area contributed by atoms with Gasteiger partial charge >= 0.3 is 0 Å². The highest BCUT2D eigenvalue weighted by atomic mass is 32.1. The van der Waals surface area contributed by atoms with Gasteiger partial charge in [0, 0.05) is 24.2 Å². The second kappa shape index (κ2) is 6.69. The third kappa shape index (κ3) is 3.50. The molecular formula is C21H26N2O2S. The first-order valence-electron chi connectivity index (χ1n) is 9.05. The van der Waals surface area contributed by atoms with Crippen molar-refractivity contribution in [3.8, 4) is 0 Å². The number of Topliss-reactive ketones (excluding diaryl/α,β-unsaturated/α-hetero) is 2. The van der Waals surface area contributed by atoms with E-state index in [-0.39, 0.29) is 22.9 Å². The Labute approximate surface area is 159 Å². The van der Waals surface area contributed by atoms with E-state index in [4.69, 9.17) is 0 Å². The summed E-state index contributed by atoms with van der Waals surface area (Å²) in [6.07, 6.45) is 0.819. The summed E-state index contributed by atoms with van der Waals surface area (Å²) in [4.78, 5) is 25.7. The zero-order chi connectivity index (χ0) is 19.2.